The number of likely N-dealkylation sites (tertiary alicyclic amines) is 1. The number of nitrogens with zero attached hydrogens (tertiary/aromatic N) is 6. The van der Waals surface area contributed by atoms with Crippen molar-refractivity contribution in [3.63, 3.8) is 0 Å². The second-order valence-corrected chi connectivity index (χ2v) is 10.3. The molecule has 1 atom stereocenters. The van der Waals surface area contributed by atoms with Gasteiger partial charge in [-0.1, -0.05) is 13.5 Å². The highest BCUT2D eigenvalue weighted by molar-refractivity contribution is 5.87. The topological polar surface area (TPSA) is 86.6 Å². The molecule has 5 rings (SSSR count). The molecule has 3 aromatic rings. The number of rotatable bonds is 9. The molecule has 1 unspecified atom stereocenters. The molecular formula is C29H37N7O2. The summed E-state index contributed by atoms with van der Waals surface area (Å²) in [7, 11) is 0. The van der Waals surface area contributed by atoms with Crippen molar-refractivity contribution < 1.29 is 4.79 Å². The van der Waals surface area contributed by atoms with Crippen LogP contribution in [0.2, 0.25) is 0 Å². The summed E-state index contributed by atoms with van der Waals surface area (Å²) in [6, 6.07) is 12.3. The molecule has 2 aromatic heterocycles. The Balaban J connectivity index is 1.23. The number of piperazine rings is 1. The van der Waals surface area contributed by atoms with E-state index in [2.05, 4.69) is 64.8 Å². The van der Waals surface area contributed by atoms with Crippen LogP contribution in [-0.4, -0.2) is 75.6 Å². The summed E-state index contributed by atoms with van der Waals surface area (Å²) in [5, 5.41) is 4.12. The van der Waals surface area contributed by atoms with Gasteiger partial charge in [0.15, 0.2) is 0 Å². The lowest BCUT2D eigenvalue weighted by Crippen LogP contribution is -2.49. The Kier molecular flexibility index (Phi) is 7.74. The SMILES string of the molecule is C=CC(=O)N1CC(CCn2c(=O)ccc3cnc(Nc4ccc(N5CCN(C(C)CC)CC5)cc4)nc32)C1. The fourth-order valence-corrected chi connectivity index (χ4v) is 5.28. The molecule has 38 heavy (non-hydrogen) atoms. The van der Waals surface area contributed by atoms with E-state index in [-0.39, 0.29) is 11.5 Å². The molecule has 9 heteroatoms. The van der Waals surface area contributed by atoms with E-state index >= 15 is 0 Å². The number of pyridine rings is 1. The molecule has 1 amide bonds. The van der Waals surface area contributed by atoms with E-state index in [1.165, 1.54) is 18.2 Å². The van der Waals surface area contributed by atoms with Crippen molar-refractivity contribution in [2.24, 2.45) is 5.92 Å². The van der Waals surface area contributed by atoms with Crippen molar-refractivity contribution in [2.75, 3.05) is 49.5 Å². The molecule has 1 aromatic carbocycles. The van der Waals surface area contributed by atoms with Gasteiger partial charge in [-0.25, -0.2) is 4.98 Å². The largest absolute Gasteiger partial charge is 0.369 e. The smallest absolute Gasteiger partial charge is 0.252 e. The predicted molar refractivity (Wildman–Crippen MR) is 152 cm³/mol. The molecule has 9 nitrogen and oxygen atoms in total. The van der Waals surface area contributed by atoms with E-state index in [4.69, 9.17) is 4.98 Å². The molecule has 4 heterocycles. The van der Waals surface area contributed by atoms with E-state index in [9.17, 15) is 9.59 Å². The van der Waals surface area contributed by atoms with E-state index < -0.39 is 0 Å². The quantitative estimate of drug-likeness (QED) is 0.437. The summed E-state index contributed by atoms with van der Waals surface area (Å²) in [5.74, 6) is 0.791. The molecule has 0 saturated carbocycles. The second-order valence-electron chi connectivity index (χ2n) is 10.3. The fourth-order valence-electron chi connectivity index (χ4n) is 5.28. The molecule has 0 bridgehead atoms. The summed E-state index contributed by atoms with van der Waals surface area (Å²) in [4.78, 5) is 40.3. The summed E-state index contributed by atoms with van der Waals surface area (Å²) in [6.07, 6.45) is 5.09. The van der Waals surface area contributed by atoms with Gasteiger partial charge in [-0.05, 0) is 62.1 Å². The van der Waals surface area contributed by atoms with Crippen molar-refractivity contribution in [1.82, 2.24) is 24.3 Å². The third-order valence-electron chi connectivity index (χ3n) is 7.94. The van der Waals surface area contributed by atoms with Crippen LogP contribution < -0.4 is 15.8 Å². The first-order chi connectivity index (χ1) is 18.4. The summed E-state index contributed by atoms with van der Waals surface area (Å²) in [5.41, 5.74) is 2.65. The summed E-state index contributed by atoms with van der Waals surface area (Å²) >= 11 is 0. The van der Waals surface area contributed by atoms with Gasteiger partial charge >= 0.3 is 0 Å². The zero-order valence-electron chi connectivity index (χ0n) is 22.3. The summed E-state index contributed by atoms with van der Waals surface area (Å²) in [6.45, 7) is 14.3. The Morgan fingerprint density at radius 3 is 2.55 bits per heavy atom. The number of benzene rings is 1. The highest BCUT2D eigenvalue weighted by atomic mass is 16.2. The molecule has 0 radical (unpaired) electrons. The molecule has 2 aliphatic heterocycles. The average Bonchev–Trinajstić information content (AvgIpc) is 2.93. The Hall–Kier alpha value is -3.72. The van der Waals surface area contributed by atoms with Crippen molar-refractivity contribution >= 4 is 34.3 Å². The van der Waals surface area contributed by atoms with Crippen LogP contribution in [0.3, 0.4) is 0 Å². The highest BCUT2D eigenvalue weighted by Gasteiger charge is 2.29. The van der Waals surface area contributed by atoms with Crippen LogP contribution in [-0.2, 0) is 11.3 Å². The van der Waals surface area contributed by atoms with Gasteiger partial charge < -0.3 is 15.1 Å². The molecule has 1 N–H and O–H groups in total. The van der Waals surface area contributed by atoms with E-state index in [0.29, 0.717) is 43.2 Å². The molecule has 2 saturated heterocycles. The predicted octanol–water partition coefficient (Wildman–Crippen LogP) is 3.49. The third-order valence-corrected chi connectivity index (χ3v) is 7.94. The van der Waals surface area contributed by atoms with Crippen LogP contribution in [0.25, 0.3) is 11.0 Å². The number of amides is 1. The third kappa shape index (κ3) is 5.57. The summed E-state index contributed by atoms with van der Waals surface area (Å²) < 4.78 is 1.71. The van der Waals surface area contributed by atoms with Gasteiger partial charge in [0, 0.05) is 80.9 Å². The fraction of sp³-hybridized carbons (Fsp3) is 0.448. The highest BCUT2D eigenvalue weighted by Crippen LogP contribution is 2.23. The monoisotopic (exact) mass is 515 g/mol. The van der Waals surface area contributed by atoms with E-state index in [1.807, 2.05) is 0 Å². The van der Waals surface area contributed by atoms with Crippen molar-refractivity contribution in [2.45, 2.75) is 39.3 Å². The molecule has 0 aliphatic carbocycles. The minimum absolute atomic E-state index is 0.0377. The Bertz CT molecular complexity index is 1340. The lowest BCUT2D eigenvalue weighted by atomic mass is 9.96. The number of aromatic nitrogens is 3. The van der Waals surface area contributed by atoms with E-state index in [1.54, 1.807) is 27.8 Å². The Morgan fingerprint density at radius 1 is 1.13 bits per heavy atom. The van der Waals surface area contributed by atoms with Crippen LogP contribution >= 0.6 is 0 Å². The maximum absolute atomic E-state index is 12.7. The number of carbonyl (C=O) groups is 1. The zero-order chi connectivity index (χ0) is 26.6. The van der Waals surface area contributed by atoms with Gasteiger partial charge in [0.1, 0.15) is 5.65 Å². The van der Waals surface area contributed by atoms with Crippen molar-refractivity contribution in [1.29, 1.82) is 0 Å². The van der Waals surface area contributed by atoms with E-state index in [0.717, 1.165) is 43.7 Å². The number of fused-ring (bicyclic) bond motifs is 1. The Morgan fingerprint density at radius 2 is 1.87 bits per heavy atom. The van der Waals surface area contributed by atoms with Gasteiger partial charge in [-0.2, -0.15) is 4.98 Å². The number of anilines is 3. The first kappa shape index (κ1) is 25.9. The molecule has 2 fully saturated rings. The second kappa shape index (κ2) is 11.3. The van der Waals surface area contributed by atoms with Gasteiger partial charge in [0.2, 0.25) is 11.9 Å². The number of carbonyl (C=O) groups excluding carboxylic acids is 1. The van der Waals surface area contributed by atoms with Crippen LogP contribution in [0.1, 0.15) is 26.7 Å². The van der Waals surface area contributed by atoms with Gasteiger partial charge in [-0.3, -0.25) is 19.1 Å². The van der Waals surface area contributed by atoms with Gasteiger partial charge in [-0.15, -0.1) is 0 Å². The van der Waals surface area contributed by atoms with Crippen molar-refractivity contribution in [3.8, 4) is 0 Å². The van der Waals surface area contributed by atoms with Crippen LogP contribution in [0.15, 0.2) is 60.0 Å². The standard InChI is InChI=1S/C29H37N7O2/c1-4-21(3)33-14-16-34(17-15-33)25-9-7-24(8-10-25)31-29-30-18-23-6-11-27(38)36(28(23)32-29)13-12-22-19-35(20-22)26(37)5-2/h5-11,18,21-22H,2,4,12-17,19-20H2,1,3H3,(H,30,31,32). The van der Waals surface area contributed by atoms with Crippen LogP contribution in [0.5, 0.6) is 0 Å². The number of nitrogens with one attached hydrogen (secondary N) is 1. The first-order valence-electron chi connectivity index (χ1n) is 13.6. The molecule has 0 spiro atoms. The molecule has 200 valence electrons. The average molecular weight is 516 g/mol. The minimum Gasteiger partial charge on any atom is -0.369 e. The van der Waals surface area contributed by atoms with Gasteiger partial charge in [0.05, 0.1) is 0 Å². The van der Waals surface area contributed by atoms with Crippen molar-refractivity contribution in [3.05, 3.63) is 65.6 Å². The number of hydrogen-bond donors (Lipinski definition) is 1. The number of aryl methyl sites for hydroxylation is 1. The lowest BCUT2D eigenvalue weighted by Gasteiger charge is -2.39. The van der Waals surface area contributed by atoms with Crippen LogP contribution in [0, 0.1) is 5.92 Å². The molecular weight excluding hydrogens is 478 g/mol. The number of hydrogen-bond acceptors (Lipinski definition) is 7. The Labute approximate surface area is 223 Å². The lowest BCUT2D eigenvalue weighted by molar-refractivity contribution is -0.132. The maximum atomic E-state index is 12.7. The van der Waals surface area contributed by atoms with Crippen LogP contribution in [0.4, 0.5) is 17.3 Å². The maximum Gasteiger partial charge on any atom is 0.252 e. The first-order valence-corrected chi connectivity index (χ1v) is 13.6. The normalized spacial score (nSPS) is 17.3. The van der Waals surface area contributed by atoms with Gasteiger partial charge in [0.25, 0.3) is 5.56 Å². The minimum atomic E-state index is -0.0849. The molecule has 2 aliphatic rings. The zero-order valence-corrected chi connectivity index (χ0v) is 22.3.